The van der Waals surface area contributed by atoms with Crippen LogP contribution in [0.4, 0.5) is 0 Å². The first-order chi connectivity index (χ1) is 19.0. The van der Waals surface area contributed by atoms with Gasteiger partial charge in [0.25, 0.3) is 0 Å². The van der Waals surface area contributed by atoms with E-state index in [-0.39, 0.29) is 25.0 Å². The molecule has 0 aromatic carbocycles. The molecule has 10 unspecified atom stereocenters. The SMILES string of the molecule is CC(=O)OC1CC(=O)OC(C)(C)C2CC(OC(C)=O)C3(C)C(C(=O)CC4(C)C(c5ccoc5)OC(=O)C5OC543)C12C. The zero-order valence-electron chi connectivity index (χ0n) is 24.3. The molecule has 41 heavy (non-hydrogen) atoms. The van der Waals surface area contributed by atoms with Crippen LogP contribution in [0.3, 0.4) is 0 Å². The van der Waals surface area contributed by atoms with Gasteiger partial charge in [-0.05, 0) is 26.3 Å². The molecule has 6 rings (SSSR count). The fraction of sp³-hybridized carbons (Fsp3) is 0.700. The van der Waals surface area contributed by atoms with Crippen molar-refractivity contribution in [2.24, 2.45) is 28.1 Å². The largest absolute Gasteiger partial charge is 0.472 e. The van der Waals surface area contributed by atoms with Crippen LogP contribution in [-0.2, 0) is 47.7 Å². The van der Waals surface area contributed by atoms with Gasteiger partial charge >= 0.3 is 23.9 Å². The maximum Gasteiger partial charge on any atom is 0.339 e. The highest BCUT2D eigenvalue weighted by Crippen LogP contribution is 2.79. The molecule has 11 nitrogen and oxygen atoms in total. The van der Waals surface area contributed by atoms with Gasteiger partial charge in [-0.25, -0.2) is 4.79 Å². The average molecular weight is 573 g/mol. The molecule has 2 aliphatic carbocycles. The van der Waals surface area contributed by atoms with Crippen LogP contribution in [0.1, 0.15) is 79.4 Å². The van der Waals surface area contributed by atoms with Crippen molar-refractivity contribution in [1.29, 1.82) is 0 Å². The topological polar surface area (TPSA) is 148 Å². The summed E-state index contributed by atoms with van der Waals surface area (Å²) < 4.78 is 35.4. The van der Waals surface area contributed by atoms with Crippen molar-refractivity contribution in [3.05, 3.63) is 24.2 Å². The van der Waals surface area contributed by atoms with Crippen molar-refractivity contribution in [3.8, 4) is 0 Å². The molecule has 3 aliphatic heterocycles. The van der Waals surface area contributed by atoms with E-state index >= 15 is 0 Å². The summed E-state index contributed by atoms with van der Waals surface area (Å²) in [5.41, 5.74) is -5.27. The predicted octanol–water partition coefficient (Wildman–Crippen LogP) is 3.23. The van der Waals surface area contributed by atoms with E-state index in [9.17, 15) is 24.0 Å². The lowest BCUT2D eigenvalue weighted by atomic mass is 9.36. The second-order valence-electron chi connectivity index (χ2n) is 13.5. The summed E-state index contributed by atoms with van der Waals surface area (Å²) in [6, 6.07) is 1.69. The van der Waals surface area contributed by atoms with Crippen molar-refractivity contribution >= 4 is 29.7 Å². The van der Waals surface area contributed by atoms with E-state index in [1.165, 1.54) is 26.4 Å². The zero-order valence-corrected chi connectivity index (χ0v) is 24.3. The monoisotopic (exact) mass is 572 g/mol. The Morgan fingerprint density at radius 2 is 1.61 bits per heavy atom. The molecule has 0 amide bonds. The molecule has 4 heterocycles. The minimum atomic E-state index is -1.28. The van der Waals surface area contributed by atoms with Gasteiger partial charge in [-0.3, -0.25) is 19.2 Å². The van der Waals surface area contributed by atoms with Crippen LogP contribution in [0.15, 0.2) is 23.0 Å². The number of esters is 4. The standard InChI is InChI=1S/C30H36O11/c1-14(31)37-19-11-21(34)40-26(3,4)18-10-20(38-15(2)32)29(7)22(28(18,19)6)17(33)12-27(5)23(16-8-9-36-13-16)39-25(35)24-30(27,29)41-24/h8-9,13,18-20,22-24H,10-12H2,1-7H3. The molecule has 222 valence electrons. The van der Waals surface area contributed by atoms with Crippen LogP contribution in [0.5, 0.6) is 0 Å². The Balaban J connectivity index is 1.61. The molecule has 1 aromatic heterocycles. The van der Waals surface area contributed by atoms with E-state index < -0.39 is 87.6 Å². The summed E-state index contributed by atoms with van der Waals surface area (Å²) in [5.74, 6) is -3.98. The highest BCUT2D eigenvalue weighted by Gasteiger charge is 2.90. The Morgan fingerprint density at radius 3 is 2.22 bits per heavy atom. The predicted molar refractivity (Wildman–Crippen MR) is 137 cm³/mol. The Bertz CT molecular complexity index is 1350. The van der Waals surface area contributed by atoms with Crippen LogP contribution in [0.2, 0.25) is 0 Å². The molecular formula is C30H36O11. The first-order valence-corrected chi connectivity index (χ1v) is 14.0. The number of Topliss-reactive ketones (excluding diaryl/α,β-unsaturated/α-hetero) is 1. The summed E-state index contributed by atoms with van der Waals surface area (Å²) in [4.78, 5) is 66.2. The fourth-order valence-electron chi connectivity index (χ4n) is 9.72. The first-order valence-electron chi connectivity index (χ1n) is 14.0. The Hall–Kier alpha value is -3.21. The lowest BCUT2D eigenvalue weighted by Gasteiger charge is -2.67. The van der Waals surface area contributed by atoms with Crippen LogP contribution in [0, 0.1) is 28.1 Å². The summed E-state index contributed by atoms with van der Waals surface area (Å²) in [6.07, 6.45) is -0.939. The highest BCUT2D eigenvalue weighted by atomic mass is 16.7. The van der Waals surface area contributed by atoms with Crippen molar-refractivity contribution in [2.75, 3.05) is 0 Å². The van der Waals surface area contributed by atoms with Crippen LogP contribution in [0.25, 0.3) is 0 Å². The molecule has 11 heteroatoms. The smallest absolute Gasteiger partial charge is 0.339 e. The van der Waals surface area contributed by atoms with Gasteiger partial charge < -0.3 is 28.1 Å². The van der Waals surface area contributed by atoms with Gasteiger partial charge in [0.1, 0.15) is 35.3 Å². The van der Waals surface area contributed by atoms with Gasteiger partial charge in [0.05, 0.1) is 18.9 Å². The Morgan fingerprint density at radius 1 is 0.951 bits per heavy atom. The lowest BCUT2D eigenvalue weighted by molar-refractivity contribution is -0.265. The number of fused-ring (bicyclic) bond motifs is 3. The number of carbonyl (C=O) groups excluding carboxylic acids is 5. The average Bonchev–Trinajstić information content (AvgIpc) is 3.43. The van der Waals surface area contributed by atoms with Crippen LogP contribution < -0.4 is 0 Å². The Labute approximate surface area is 237 Å². The number of hydrogen-bond acceptors (Lipinski definition) is 11. The molecule has 5 aliphatic rings. The lowest BCUT2D eigenvalue weighted by Crippen LogP contribution is -2.76. The van der Waals surface area contributed by atoms with Crippen molar-refractivity contribution in [3.63, 3.8) is 0 Å². The number of hydrogen-bond donors (Lipinski definition) is 0. The van der Waals surface area contributed by atoms with E-state index in [0.29, 0.717) is 5.56 Å². The molecule has 3 saturated heterocycles. The molecule has 1 spiro atoms. The van der Waals surface area contributed by atoms with Gasteiger partial charge in [0, 0.05) is 53.9 Å². The normalized spacial score (nSPS) is 45.9. The number of furan rings is 1. The molecule has 5 fully saturated rings. The first kappa shape index (κ1) is 27.9. The van der Waals surface area contributed by atoms with E-state index in [2.05, 4.69) is 0 Å². The van der Waals surface area contributed by atoms with Crippen LogP contribution in [-0.4, -0.2) is 59.2 Å². The second-order valence-corrected chi connectivity index (χ2v) is 13.5. The fourth-order valence-corrected chi connectivity index (χ4v) is 9.72. The zero-order chi connectivity index (χ0) is 29.9. The van der Waals surface area contributed by atoms with E-state index in [4.69, 9.17) is 28.1 Å². The third-order valence-electron chi connectivity index (χ3n) is 11.0. The maximum absolute atomic E-state index is 14.8. The summed E-state index contributed by atoms with van der Waals surface area (Å²) in [5, 5.41) is 0. The molecule has 0 bridgehead atoms. The molecule has 0 radical (unpaired) electrons. The third-order valence-corrected chi connectivity index (χ3v) is 11.0. The number of ketones is 1. The van der Waals surface area contributed by atoms with Gasteiger partial charge in [-0.1, -0.05) is 20.8 Å². The Kier molecular flexibility index (Phi) is 5.74. The number of ether oxygens (including phenoxy) is 5. The summed E-state index contributed by atoms with van der Waals surface area (Å²) >= 11 is 0. The number of epoxide rings is 1. The third kappa shape index (κ3) is 3.38. The van der Waals surface area contributed by atoms with Crippen molar-refractivity contribution in [2.45, 2.75) is 103 Å². The van der Waals surface area contributed by atoms with E-state index in [0.717, 1.165) is 0 Å². The minimum Gasteiger partial charge on any atom is -0.472 e. The highest BCUT2D eigenvalue weighted by molar-refractivity contribution is 5.91. The summed E-state index contributed by atoms with van der Waals surface area (Å²) in [7, 11) is 0. The quantitative estimate of drug-likeness (QED) is 0.299. The second kappa shape index (κ2) is 8.42. The summed E-state index contributed by atoms with van der Waals surface area (Å²) in [6.45, 7) is 11.6. The minimum absolute atomic E-state index is 0.0377. The van der Waals surface area contributed by atoms with Gasteiger partial charge in [-0.2, -0.15) is 0 Å². The van der Waals surface area contributed by atoms with Gasteiger partial charge in [0.15, 0.2) is 6.10 Å². The van der Waals surface area contributed by atoms with E-state index in [1.807, 2.05) is 20.8 Å². The maximum atomic E-state index is 14.8. The number of cyclic esters (lactones) is 2. The molecular weight excluding hydrogens is 536 g/mol. The molecule has 0 N–H and O–H groups in total. The van der Waals surface area contributed by atoms with Crippen molar-refractivity contribution in [1.82, 2.24) is 0 Å². The van der Waals surface area contributed by atoms with Gasteiger partial charge in [-0.15, -0.1) is 0 Å². The molecule has 10 atom stereocenters. The van der Waals surface area contributed by atoms with Crippen LogP contribution >= 0.6 is 0 Å². The van der Waals surface area contributed by atoms with E-state index in [1.54, 1.807) is 19.9 Å². The molecule has 1 aromatic rings. The number of carbonyl (C=O) groups is 5. The van der Waals surface area contributed by atoms with Gasteiger partial charge in [0.2, 0.25) is 0 Å². The van der Waals surface area contributed by atoms with Crippen molar-refractivity contribution < 1.29 is 52.1 Å². The molecule has 2 saturated carbocycles. The number of rotatable bonds is 3.